The van der Waals surface area contributed by atoms with Crippen LogP contribution < -0.4 is 10.4 Å². The first-order valence-corrected chi connectivity index (χ1v) is 20.7. The molecule has 3 aromatic carbocycles. The van der Waals surface area contributed by atoms with Gasteiger partial charge in [0.15, 0.2) is 11.6 Å². The maximum atomic E-state index is 14.3. The summed E-state index contributed by atoms with van der Waals surface area (Å²) in [5, 5.41) is 22.7. The summed E-state index contributed by atoms with van der Waals surface area (Å²) in [6, 6.07) is 24.8. The van der Waals surface area contributed by atoms with Crippen molar-refractivity contribution in [3.63, 3.8) is 0 Å². The fraction of sp³-hybridized carbons (Fsp3) is 0.405. The normalized spacial score (nSPS) is 22.0. The first kappa shape index (κ1) is 39.3. The van der Waals surface area contributed by atoms with Crippen LogP contribution in [-0.4, -0.2) is 68.2 Å². The van der Waals surface area contributed by atoms with Gasteiger partial charge < -0.3 is 23.9 Å². The molecule has 2 heterocycles. The highest BCUT2D eigenvalue weighted by molar-refractivity contribution is 6.99. The van der Waals surface area contributed by atoms with Crippen molar-refractivity contribution in [3.05, 3.63) is 107 Å². The summed E-state index contributed by atoms with van der Waals surface area (Å²) in [6.07, 6.45) is 3.10. The predicted molar refractivity (Wildman–Crippen MR) is 208 cm³/mol. The fourth-order valence-corrected chi connectivity index (χ4v) is 13.4. The molecular weight excluding hydrogens is 704 g/mol. The van der Waals surface area contributed by atoms with Crippen molar-refractivity contribution in [3.8, 4) is 5.75 Å². The number of carbonyl (C=O) groups is 3. The topological polar surface area (TPSA) is 123 Å². The molecule has 1 aliphatic carbocycles. The van der Waals surface area contributed by atoms with E-state index in [-0.39, 0.29) is 24.4 Å². The number of benzene rings is 3. The SMILES string of the molecule is CCC/C(=C\c1ccc(O)c(F)c1)CC[C@H]1OB(O)C[C@H]2C1=C(CO[Si](c1ccccc1)(c1ccccc1)C(C)(C)C)C[C@H]1C(=O)N(C(=O)OC)C(=O)[C@H]12. The highest BCUT2D eigenvalue weighted by atomic mass is 28.4. The van der Waals surface area contributed by atoms with Crippen LogP contribution >= 0.6 is 0 Å². The summed E-state index contributed by atoms with van der Waals surface area (Å²) in [5.74, 6) is -4.62. The molecule has 0 spiro atoms. The predicted octanol–water partition coefficient (Wildman–Crippen LogP) is 6.64. The second-order valence-corrected chi connectivity index (χ2v) is 19.9. The van der Waals surface area contributed by atoms with Gasteiger partial charge in [-0.05, 0) is 82.2 Å². The highest BCUT2D eigenvalue weighted by Gasteiger charge is 2.59. The van der Waals surface area contributed by atoms with Gasteiger partial charge in [-0.15, -0.1) is 0 Å². The number of halogens is 1. The van der Waals surface area contributed by atoms with Gasteiger partial charge >= 0.3 is 13.2 Å². The Morgan fingerprint density at radius 2 is 1.65 bits per heavy atom. The number of allylic oxidation sites excluding steroid dienone is 1. The first-order chi connectivity index (χ1) is 25.8. The molecule has 284 valence electrons. The van der Waals surface area contributed by atoms with Gasteiger partial charge in [-0.1, -0.05) is 112 Å². The number of nitrogens with zero attached hydrogens (tertiary/aromatic N) is 1. The average molecular weight is 754 g/mol. The molecule has 2 aliphatic heterocycles. The average Bonchev–Trinajstić information content (AvgIpc) is 3.40. The summed E-state index contributed by atoms with van der Waals surface area (Å²) in [6.45, 7) is 8.78. The first-order valence-electron chi connectivity index (χ1n) is 18.7. The van der Waals surface area contributed by atoms with Crippen molar-refractivity contribution in [2.45, 2.75) is 77.3 Å². The van der Waals surface area contributed by atoms with Gasteiger partial charge in [0.25, 0.3) is 8.32 Å². The lowest BCUT2D eigenvalue weighted by Crippen LogP contribution is -2.66. The zero-order valence-corrected chi connectivity index (χ0v) is 32.6. The van der Waals surface area contributed by atoms with Crippen LogP contribution in [0.4, 0.5) is 9.18 Å². The Bertz CT molecular complexity index is 1890. The zero-order chi connectivity index (χ0) is 38.8. The minimum atomic E-state index is -3.04. The van der Waals surface area contributed by atoms with Crippen LogP contribution in [0.3, 0.4) is 0 Å². The Balaban J connectivity index is 1.44. The Hall–Kier alpha value is -4.36. The summed E-state index contributed by atoms with van der Waals surface area (Å²) in [4.78, 5) is 41.2. The molecule has 0 bridgehead atoms. The summed E-state index contributed by atoms with van der Waals surface area (Å²) < 4.78 is 32.8. The van der Waals surface area contributed by atoms with E-state index in [4.69, 9.17) is 13.8 Å². The van der Waals surface area contributed by atoms with Crippen molar-refractivity contribution in [2.75, 3.05) is 13.7 Å². The van der Waals surface area contributed by atoms with Crippen LogP contribution in [0, 0.1) is 23.6 Å². The lowest BCUT2D eigenvalue weighted by molar-refractivity contribution is -0.137. The number of hydrogen-bond donors (Lipinski definition) is 2. The molecule has 0 unspecified atom stereocenters. The van der Waals surface area contributed by atoms with Gasteiger partial charge in [0.1, 0.15) is 0 Å². The monoisotopic (exact) mass is 753 g/mol. The lowest BCUT2D eigenvalue weighted by Gasteiger charge is -2.46. The summed E-state index contributed by atoms with van der Waals surface area (Å²) in [7, 11) is -3.11. The van der Waals surface area contributed by atoms with E-state index in [1.165, 1.54) is 12.1 Å². The number of rotatable bonds is 11. The van der Waals surface area contributed by atoms with E-state index in [2.05, 4.69) is 52.0 Å². The molecule has 3 amide bonds. The molecule has 54 heavy (non-hydrogen) atoms. The van der Waals surface area contributed by atoms with E-state index in [0.29, 0.717) is 23.3 Å². The molecule has 2 saturated heterocycles. The molecule has 2 fully saturated rings. The van der Waals surface area contributed by atoms with E-state index in [0.717, 1.165) is 47.0 Å². The molecule has 0 saturated carbocycles. The molecule has 4 atom stereocenters. The second kappa shape index (κ2) is 16.2. The van der Waals surface area contributed by atoms with Gasteiger partial charge in [0.05, 0.1) is 31.7 Å². The number of aromatic hydroxyl groups is 1. The van der Waals surface area contributed by atoms with Crippen LogP contribution in [-0.2, 0) is 23.4 Å². The second-order valence-electron chi connectivity index (χ2n) is 15.6. The maximum Gasteiger partial charge on any atom is 0.455 e. The van der Waals surface area contributed by atoms with Gasteiger partial charge in [-0.2, -0.15) is 4.90 Å². The summed E-state index contributed by atoms with van der Waals surface area (Å²) >= 11 is 0. The number of imide groups is 3. The van der Waals surface area contributed by atoms with Crippen molar-refractivity contribution in [1.29, 1.82) is 0 Å². The highest BCUT2D eigenvalue weighted by Crippen LogP contribution is 2.51. The number of carbonyl (C=O) groups excluding carboxylic acids is 3. The lowest BCUT2D eigenvalue weighted by atomic mass is 9.58. The van der Waals surface area contributed by atoms with E-state index in [1.54, 1.807) is 6.07 Å². The number of ether oxygens (including phenoxy) is 1. The summed E-state index contributed by atoms with van der Waals surface area (Å²) in [5.41, 5.74) is 3.32. The number of fused-ring (bicyclic) bond motifs is 3. The third-order valence-corrected chi connectivity index (χ3v) is 16.2. The molecular formula is C42H49BFNO8Si. The van der Waals surface area contributed by atoms with Crippen LogP contribution in [0.25, 0.3) is 6.08 Å². The van der Waals surface area contributed by atoms with Gasteiger partial charge in [0, 0.05) is 0 Å². The Morgan fingerprint density at radius 3 is 2.22 bits per heavy atom. The third kappa shape index (κ3) is 7.49. The number of likely N-dealkylation sites (tertiary alicyclic amines) is 1. The Labute approximate surface area is 318 Å². The molecule has 0 aromatic heterocycles. The van der Waals surface area contributed by atoms with E-state index < -0.39 is 68.8 Å². The zero-order valence-electron chi connectivity index (χ0n) is 31.6. The number of amides is 3. The number of phenols is 1. The van der Waals surface area contributed by atoms with Crippen molar-refractivity contribution >= 4 is 49.8 Å². The molecule has 12 heteroatoms. The molecule has 3 aromatic rings. The van der Waals surface area contributed by atoms with Crippen molar-refractivity contribution < 1.29 is 42.7 Å². The largest absolute Gasteiger partial charge is 0.505 e. The van der Waals surface area contributed by atoms with E-state index in [1.807, 2.05) is 42.5 Å². The van der Waals surface area contributed by atoms with Crippen LogP contribution in [0.15, 0.2) is 95.6 Å². The smallest absolute Gasteiger partial charge is 0.455 e. The molecule has 9 nitrogen and oxygen atoms in total. The van der Waals surface area contributed by atoms with Gasteiger partial charge in [-0.3, -0.25) is 9.59 Å². The van der Waals surface area contributed by atoms with Crippen molar-refractivity contribution in [1.82, 2.24) is 4.90 Å². The third-order valence-electron chi connectivity index (χ3n) is 11.2. The number of hydrogen-bond acceptors (Lipinski definition) is 8. The van der Waals surface area contributed by atoms with Crippen LogP contribution in [0.2, 0.25) is 11.4 Å². The quantitative estimate of drug-likeness (QED) is 0.127. The Kier molecular flexibility index (Phi) is 11.8. The van der Waals surface area contributed by atoms with Gasteiger partial charge in [-0.25, -0.2) is 9.18 Å². The number of phenolic OH excluding ortho intramolecular Hbond substituents is 1. The standard InChI is InChI=1S/C42H49BFNO8Si/c1-6-13-27(22-28-18-20-35(46)34(44)23-28)19-21-36-37-29(24-32-38(33(37)25-43(50)53-36)40(48)45(39(32)47)41(49)51-5)26-52-54(42(2,3)4,30-14-9-7-10-15-30)31-16-11-8-12-17-31/h7-12,14-18,20,22-23,32-33,36,38,46,50H,6,13,19,21,24-26H2,1-5H3/b27-22+/t32-,33+,36-,38-/m1/s1. The van der Waals surface area contributed by atoms with Crippen LogP contribution in [0.1, 0.15) is 65.4 Å². The molecule has 3 aliphatic rings. The minimum absolute atomic E-state index is 0.0776. The minimum Gasteiger partial charge on any atom is -0.505 e. The number of methoxy groups -OCH3 is 1. The van der Waals surface area contributed by atoms with E-state index >= 15 is 0 Å². The van der Waals surface area contributed by atoms with Crippen LogP contribution in [0.5, 0.6) is 5.75 Å². The fourth-order valence-electron chi connectivity index (χ4n) is 8.88. The van der Waals surface area contributed by atoms with Gasteiger partial charge in [0.2, 0.25) is 11.8 Å². The van der Waals surface area contributed by atoms with E-state index in [9.17, 15) is 28.9 Å². The molecule has 0 radical (unpaired) electrons. The molecule has 2 N–H and O–H groups in total. The maximum absolute atomic E-state index is 14.3. The molecule has 6 rings (SSSR count). The van der Waals surface area contributed by atoms with Crippen molar-refractivity contribution in [2.24, 2.45) is 17.8 Å². The Morgan fingerprint density at radius 1 is 1.00 bits per heavy atom.